The number of carbonyl (C=O) groups is 1. The van der Waals surface area contributed by atoms with Crippen molar-refractivity contribution in [3.8, 4) is 11.6 Å². The van der Waals surface area contributed by atoms with Gasteiger partial charge in [-0.05, 0) is 47.1 Å². The molecule has 0 unspecified atom stereocenters. The van der Waals surface area contributed by atoms with E-state index in [0.29, 0.717) is 26.6 Å². The van der Waals surface area contributed by atoms with E-state index in [0.717, 1.165) is 4.57 Å². The molecule has 0 saturated carbocycles. The zero-order chi connectivity index (χ0) is 27.3. The van der Waals surface area contributed by atoms with Crippen molar-refractivity contribution in [1.82, 2.24) is 24.6 Å². The van der Waals surface area contributed by atoms with Crippen LogP contribution >= 0.6 is 11.6 Å². The first-order valence-corrected chi connectivity index (χ1v) is 11.2. The van der Waals surface area contributed by atoms with Crippen LogP contribution in [0.15, 0.2) is 80.0 Å². The number of aromatic amines is 1. The number of carbonyl (C=O) groups excluding carboxylic acids is 1. The first-order valence-electron chi connectivity index (χ1n) is 10.8. The number of benzene rings is 2. The van der Waals surface area contributed by atoms with Crippen LogP contribution in [0.5, 0.6) is 11.6 Å². The van der Waals surface area contributed by atoms with E-state index in [4.69, 9.17) is 20.9 Å². The molecule has 0 bridgehead atoms. The van der Waals surface area contributed by atoms with Gasteiger partial charge in [0, 0.05) is 11.1 Å². The van der Waals surface area contributed by atoms with Gasteiger partial charge in [-0.25, -0.2) is 19.1 Å². The number of hydrogen-bond donors (Lipinski definition) is 2. The lowest BCUT2D eigenvalue weighted by molar-refractivity contribution is -0.138. The molecule has 0 spiro atoms. The number of nitrogens with zero attached hydrogens (tertiary/aromatic N) is 4. The predicted octanol–water partition coefficient (Wildman–Crippen LogP) is 2.73. The van der Waals surface area contributed by atoms with Gasteiger partial charge in [0.15, 0.2) is 0 Å². The zero-order valence-corrected chi connectivity index (χ0v) is 20.0. The molecular formula is C23H18ClF3N6O5. The Morgan fingerprint density at radius 1 is 1.08 bits per heavy atom. The highest BCUT2D eigenvalue weighted by Gasteiger charge is 2.28. The molecule has 11 nitrogen and oxygen atoms in total. The molecule has 0 atom stereocenters. The first kappa shape index (κ1) is 26.5. The molecular weight excluding hydrogens is 533 g/mol. The van der Waals surface area contributed by atoms with Crippen molar-refractivity contribution in [3.05, 3.63) is 98.0 Å². The second-order valence-corrected chi connectivity index (χ2v) is 8.21. The van der Waals surface area contributed by atoms with Crippen molar-refractivity contribution in [2.45, 2.75) is 19.3 Å². The largest absolute Gasteiger partial charge is 0.436 e. The number of alkyl halides is 3. The molecule has 4 rings (SSSR count). The molecule has 198 valence electrons. The molecule has 2 N–H and O–H groups in total. The molecule has 2 heterocycles. The SMILES string of the molecule is O=C(Cn1c(=O)[nH]/c(=N\c2ccc(Oc3ccon3)cc2)n(Cc2ccc(Cl)cc2)c1=O)NCC(F)(F)F. The second kappa shape index (κ2) is 11.2. The van der Waals surface area contributed by atoms with E-state index in [1.165, 1.54) is 12.3 Å². The summed E-state index contributed by atoms with van der Waals surface area (Å²) in [4.78, 5) is 44.6. The van der Waals surface area contributed by atoms with Crippen LogP contribution in [0.25, 0.3) is 0 Å². The van der Waals surface area contributed by atoms with E-state index in [1.807, 2.05) is 0 Å². The first-order chi connectivity index (χ1) is 18.1. The van der Waals surface area contributed by atoms with Gasteiger partial charge in [-0.3, -0.25) is 14.3 Å². The summed E-state index contributed by atoms with van der Waals surface area (Å²) in [7, 11) is 0. The molecule has 0 aliphatic carbocycles. The number of ether oxygens (including phenoxy) is 1. The minimum absolute atomic E-state index is 0.0941. The van der Waals surface area contributed by atoms with E-state index < -0.39 is 36.6 Å². The number of amides is 1. The Kier molecular flexibility index (Phi) is 7.81. The molecule has 0 aliphatic heterocycles. The molecule has 15 heteroatoms. The number of halogens is 4. The quantitative estimate of drug-likeness (QED) is 0.346. The molecule has 0 radical (unpaired) electrons. The van der Waals surface area contributed by atoms with Gasteiger partial charge in [0.05, 0.1) is 12.2 Å². The molecule has 0 saturated heterocycles. The third kappa shape index (κ3) is 7.00. The molecule has 0 fully saturated rings. The van der Waals surface area contributed by atoms with Crippen LogP contribution in [0.4, 0.5) is 18.9 Å². The normalized spacial score (nSPS) is 11.9. The molecule has 0 aliphatic rings. The summed E-state index contributed by atoms with van der Waals surface area (Å²) in [6.45, 7) is -2.63. The van der Waals surface area contributed by atoms with Crippen molar-refractivity contribution in [2.75, 3.05) is 6.54 Å². The maximum absolute atomic E-state index is 13.2. The molecule has 4 aromatic rings. The maximum atomic E-state index is 13.2. The summed E-state index contributed by atoms with van der Waals surface area (Å²) >= 11 is 5.92. The number of rotatable bonds is 8. The van der Waals surface area contributed by atoms with Gasteiger partial charge in [-0.1, -0.05) is 23.7 Å². The zero-order valence-electron chi connectivity index (χ0n) is 19.2. The lowest BCUT2D eigenvalue weighted by Crippen LogP contribution is -2.52. The van der Waals surface area contributed by atoms with Gasteiger partial charge in [0.1, 0.15) is 25.1 Å². The van der Waals surface area contributed by atoms with E-state index in [9.17, 15) is 27.6 Å². The number of aromatic nitrogens is 4. The average Bonchev–Trinajstić information content (AvgIpc) is 3.38. The third-order valence-corrected chi connectivity index (χ3v) is 5.18. The number of nitrogens with one attached hydrogen (secondary N) is 2. The van der Waals surface area contributed by atoms with E-state index >= 15 is 0 Å². The maximum Gasteiger partial charge on any atom is 0.405 e. The van der Waals surface area contributed by atoms with Crippen LogP contribution in [0.2, 0.25) is 5.02 Å². The van der Waals surface area contributed by atoms with Crippen molar-refractivity contribution in [3.63, 3.8) is 0 Å². The van der Waals surface area contributed by atoms with Crippen LogP contribution in [0, 0.1) is 0 Å². The molecule has 1 amide bonds. The predicted molar refractivity (Wildman–Crippen MR) is 127 cm³/mol. The summed E-state index contributed by atoms with van der Waals surface area (Å²) in [6, 6.07) is 14.2. The van der Waals surface area contributed by atoms with Crippen molar-refractivity contribution < 1.29 is 27.2 Å². The van der Waals surface area contributed by atoms with Crippen LogP contribution in [-0.4, -0.2) is 37.9 Å². The van der Waals surface area contributed by atoms with Gasteiger partial charge in [0.25, 0.3) is 5.88 Å². The van der Waals surface area contributed by atoms with Crippen molar-refractivity contribution in [1.29, 1.82) is 0 Å². The standard InChI is InChI=1S/C23H18ClF3N6O5/c24-15-3-1-14(2-4-15)11-32-20(29-16-5-7-17(8-6-16)38-19-9-10-37-31-19)30-21(35)33(22(32)36)12-18(34)28-13-23(25,26)27/h1-10H,11-13H2,(H,28,34)(H,29,30,35). The van der Waals surface area contributed by atoms with Gasteiger partial charge in [-0.15, -0.1) is 0 Å². The Balaban J connectivity index is 1.70. The fourth-order valence-corrected chi connectivity index (χ4v) is 3.31. The Labute approximate surface area is 215 Å². The summed E-state index contributed by atoms with van der Waals surface area (Å²) in [5.74, 6) is -0.510. The third-order valence-electron chi connectivity index (χ3n) is 4.93. The van der Waals surface area contributed by atoms with E-state index in [1.54, 1.807) is 53.8 Å². The Morgan fingerprint density at radius 2 is 1.79 bits per heavy atom. The van der Waals surface area contributed by atoms with E-state index in [-0.39, 0.29) is 18.0 Å². The second-order valence-electron chi connectivity index (χ2n) is 7.77. The van der Waals surface area contributed by atoms with Crippen LogP contribution in [0.1, 0.15) is 5.56 Å². The molecule has 38 heavy (non-hydrogen) atoms. The summed E-state index contributed by atoms with van der Waals surface area (Å²) in [5, 5.41) is 5.72. The highest BCUT2D eigenvalue weighted by molar-refractivity contribution is 6.30. The Bertz CT molecular complexity index is 1590. The summed E-state index contributed by atoms with van der Waals surface area (Å²) in [5.41, 5.74) is -1.22. The minimum atomic E-state index is -4.65. The molecule has 2 aromatic carbocycles. The minimum Gasteiger partial charge on any atom is -0.436 e. The fourth-order valence-electron chi connectivity index (χ4n) is 3.18. The highest BCUT2D eigenvalue weighted by Crippen LogP contribution is 2.22. The fraction of sp³-hybridized carbons (Fsp3) is 0.174. The van der Waals surface area contributed by atoms with Crippen molar-refractivity contribution in [2.24, 2.45) is 4.99 Å². The lowest BCUT2D eigenvalue weighted by Gasteiger charge is -2.12. The smallest absolute Gasteiger partial charge is 0.405 e. The van der Waals surface area contributed by atoms with Gasteiger partial charge < -0.3 is 14.6 Å². The Morgan fingerprint density at radius 3 is 2.42 bits per heavy atom. The average molecular weight is 551 g/mol. The summed E-state index contributed by atoms with van der Waals surface area (Å²) in [6.07, 6.45) is -3.31. The lowest BCUT2D eigenvalue weighted by atomic mass is 10.2. The highest BCUT2D eigenvalue weighted by atomic mass is 35.5. The molecule has 2 aromatic heterocycles. The summed E-state index contributed by atoms with van der Waals surface area (Å²) < 4.78 is 49.0. The van der Waals surface area contributed by atoms with Crippen LogP contribution in [-0.2, 0) is 17.9 Å². The van der Waals surface area contributed by atoms with Gasteiger partial charge >= 0.3 is 17.6 Å². The van der Waals surface area contributed by atoms with Gasteiger partial charge in [-0.2, -0.15) is 13.2 Å². The van der Waals surface area contributed by atoms with E-state index in [2.05, 4.69) is 15.1 Å². The number of H-pyrrole nitrogens is 1. The van der Waals surface area contributed by atoms with Gasteiger partial charge in [0.2, 0.25) is 11.5 Å². The van der Waals surface area contributed by atoms with Crippen LogP contribution < -0.4 is 27.1 Å². The van der Waals surface area contributed by atoms with Crippen molar-refractivity contribution >= 4 is 23.2 Å². The van der Waals surface area contributed by atoms with Crippen LogP contribution in [0.3, 0.4) is 0 Å². The number of hydrogen-bond acceptors (Lipinski definition) is 7. The topological polar surface area (TPSA) is 137 Å². The monoisotopic (exact) mass is 550 g/mol. The Hall–Kier alpha value is -4.59.